The molecule has 37 heavy (non-hydrogen) atoms. The highest BCUT2D eigenvalue weighted by Gasteiger charge is 2.42. The Hall–Kier alpha value is -3.67. The predicted octanol–water partition coefficient (Wildman–Crippen LogP) is 5.85. The van der Waals surface area contributed by atoms with Crippen molar-refractivity contribution in [2.45, 2.75) is 76.7 Å². The van der Waals surface area contributed by atoms with Gasteiger partial charge in [-0.1, -0.05) is 48.9 Å². The molecule has 192 valence electrons. The second-order valence-corrected chi connectivity index (χ2v) is 10.3. The van der Waals surface area contributed by atoms with Gasteiger partial charge in [0.05, 0.1) is 5.57 Å². The van der Waals surface area contributed by atoms with E-state index in [2.05, 4.69) is 17.4 Å². The molecule has 2 aliphatic carbocycles. The second-order valence-electron chi connectivity index (χ2n) is 10.3. The van der Waals surface area contributed by atoms with E-state index in [-0.39, 0.29) is 23.8 Å². The summed E-state index contributed by atoms with van der Waals surface area (Å²) in [5.41, 5.74) is 4.63. The van der Waals surface area contributed by atoms with Crippen LogP contribution in [-0.2, 0) is 19.1 Å². The predicted molar refractivity (Wildman–Crippen MR) is 140 cm³/mol. The minimum Gasteiger partial charge on any atom is -0.459 e. The van der Waals surface area contributed by atoms with Crippen LogP contribution in [0.3, 0.4) is 0 Å². The van der Waals surface area contributed by atoms with Crippen molar-refractivity contribution in [3.05, 3.63) is 88.3 Å². The number of Topliss-reactive ketones (excluding diaryl/α,β-unsaturated/α-hetero) is 1. The number of hydrogen-bond acceptors (Lipinski definition) is 6. The third-order valence-corrected chi connectivity index (χ3v) is 7.62. The summed E-state index contributed by atoms with van der Waals surface area (Å²) in [6.07, 6.45) is 6.02. The Morgan fingerprint density at radius 3 is 2.27 bits per heavy atom. The number of rotatable bonds is 5. The first-order chi connectivity index (χ1) is 17.9. The molecule has 1 fully saturated rings. The number of allylic oxidation sites excluding steroid dienone is 3. The summed E-state index contributed by atoms with van der Waals surface area (Å²) < 4.78 is 11.2. The van der Waals surface area contributed by atoms with Crippen LogP contribution in [0, 0.1) is 0 Å². The van der Waals surface area contributed by atoms with Gasteiger partial charge in [-0.05, 0) is 68.2 Å². The summed E-state index contributed by atoms with van der Waals surface area (Å²) in [6.45, 7) is 3.24. The van der Waals surface area contributed by atoms with Crippen LogP contribution in [0.2, 0.25) is 0 Å². The molecule has 1 aliphatic heterocycles. The molecule has 0 saturated heterocycles. The Morgan fingerprint density at radius 2 is 1.59 bits per heavy atom. The van der Waals surface area contributed by atoms with E-state index in [4.69, 9.17) is 9.47 Å². The molecular formula is C31H33NO5. The summed E-state index contributed by atoms with van der Waals surface area (Å²) in [6, 6.07) is 17.2. The quantitative estimate of drug-likeness (QED) is 0.411. The maximum Gasteiger partial charge on any atom is 0.337 e. The van der Waals surface area contributed by atoms with Crippen molar-refractivity contribution in [2.75, 3.05) is 0 Å². The summed E-state index contributed by atoms with van der Waals surface area (Å²) in [5.74, 6) is -0.770. The zero-order valence-corrected chi connectivity index (χ0v) is 21.4. The number of hydrogen-bond donors (Lipinski definition) is 1. The minimum atomic E-state index is -0.539. The number of ether oxygens (including phenoxy) is 2. The third-order valence-electron chi connectivity index (χ3n) is 7.62. The van der Waals surface area contributed by atoms with Gasteiger partial charge in [0.1, 0.15) is 11.9 Å². The summed E-state index contributed by atoms with van der Waals surface area (Å²) in [4.78, 5) is 38.7. The minimum absolute atomic E-state index is 0.0344. The fourth-order valence-corrected chi connectivity index (χ4v) is 5.90. The highest BCUT2D eigenvalue weighted by atomic mass is 16.5. The number of benzene rings is 2. The smallest absolute Gasteiger partial charge is 0.337 e. The van der Waals surface area contributed by atoms with Crippen molar-refractivity contribution in [1.29, 1.82) is 0 Å². The molecule has 1 saturated carbocycles. The van der Waals surface area contributed by atoms with Gasteiger partial charge in [-0.3, -0.25) is 9.59 Å². The first-order valence-corrected chi connectivity index (χ1v) is 13.2. The molecule has 6 heteroatoms. The van der Waals surface area contributed by atoms with Crippen molar-refractivity contribution in [2.24, 2.45) is 0 Å². The molecule has 2 aromatic carbocycles. The molecule has 6 nitrogen and oxygen atoms in total. The lowest BCUT2D eigenvalue weighted by Gasteiger charge is -2.37. The van der Waals surface area contributed by atoms with Crippen LogP contribution in [0.15, 0.2) is 77.1 Å². The van der Waals surface area contributed by atoms with E-state index in [1.54, 1.807) is 12.1 Å². The van der Waals surface area contributed by atoms with Crippen LogP contribution in [0.4, 0.5) is 0 Å². The Balaban J connectivity index is 1.52. The second kappa shape index (κ2) is 10.8. The van der Waals surface area contributed by atoms with Crippen LogP contribution in [0.25, 0.3) is 0 Å². The van der Waals surface area contributed by atoms with Crippen molar-refractivity contribution in [3.63, 3.8) is 0 Å². The van der Waals surface area contributed by atoms with Crippen molar-refractivity contribution >= 4 is 17.7 Å². The van der Waals surface area contributed by atoms with Crippen LogP contribution in [0.1, 0.15) is 81.8 Å². The maximum absolute atomic E-state index is 13.7. The van der Waals surface area contributed by atoms with Gasteiger partial charge in [0.25, 0.3) is 0 Å². The molecule has 0 aromatic heterocycles. The highest BCUT2D eigenvalue weighted by molar-refractivity contribution is 6.04. The van der Waals surface area contributed by atoms with E-state index >= 15 is 0 Å². The van der Waals surface area contributed by atoms with E-state index < -0.39 is 11.9 Å². The fraction of sp³-hybridized carbons (Fsp3) is 0.387. The summed E-state index contributed by atoms with van der Waals surface area (Å²) in [7, 11) is 0. The molecule has 0 spiro atoms. The van der Waals surface area contributed by atoms with Gasteiger partial charge in [0, 0.05) is 36.2 Å². The van der Waals surface area contributed by atoms with Gasteiger partial charge < -0.3 is 14.8 Å². The molecule has 1 heterocycles. The molecule has 3 aliphatic rings. The maximum atomic E-state index is 13.7. The summed E-state index contributed by atoms with van der Waals surface area (Å²) in [5, 5.41) is 3.42. The Kier molecular flexibility index (Phi) is 7.26. The lowest BCUT2D eigenvalue weighted by atomic mass is 9.71. The monoisotopic (exact) mass is 499 g/mol. The van der Waals surface area contributed by atoms with Crippen LogP contribution >= 0.6 is 0 Å². The topological polar surface area (TPSA) is 81.7 Å². The zero-order chi connectivity index (χ0) is 25.9. The lowest BCUT2D eigenvalue weighted by molar-refractivity contribution is -0.146. The fourth-order valence-electron chi connectivity index (χ4n) is 5.90. The number of nitrogens with one attached hydrogen (secondary N) is 1. The molecule has 1 N–H and O–H groups in total. The van der Waals surface area contributed by atoms with E-state index in [1.807, 2.05) is 37.3 Å². The van der Waals surface area contributed by atoms with E-state index in [0.29, 0.717) is 29.7 Å². The average Bonchev–Trinajstić information content (AvgIpc) is 2.89. The third kappa shape index (κ3) is 5.38. The number of carbonyl (C=O) groups is 3. The van der Waals surface area contributed by atoms with Gasteiger partial charge in [-0.2, -0.15) is 0 Å². The number of esters is 2. The van der Waals surface area contributed by atoms with E-state index in [9.17, 15) is 14.4 Å². The molecule has 0 bridgehead atoms. The highest BCUT2D eigenvalue weighted by Crippen LogP contribution is 2.46. The number of dihydropyridines is 1. The molecular weight excluding hydrogens is 466 g/mol. The Bertz CT molecular complexity index is 1250. The normalized spacial score (nSPS) is 22.3. The number of ketones is 1. The Morgan fingerprint density at radius 1 is 0.892 bits per heavy atom. The van der Waals surface area contributed by atoms with Gasteiger partial charge in [0.15, 0.2) is 5.78 Å². The first kappa shape index (κ1) is 25.0. The molecule has 2 unspecified atom stereocenters. The molecule has 2 atom stereocenters. The average molecular weight is 500 g/mol. The van der Waals surface area contributed by atoms with E-state index in [1.165, 1.54) is 13.3 Å². The van der Waals surface area contributed by atoms with Crippen molar-refractivity contribution < 1.29 is 23.9 Å². The molecule has 0 radical (unpaired) electrons. The lowest BCUT2D eigenvalue weighted by Crippen LogP contribution is -2.37. The largest absolute Gasteiger partial charge is 0.459 e. The van der Waals surface area contributed by atoms with Crippen LogP contribution in [-0.4, -0.2) is 23.8 Å². The van der Waals surface area contributed by atoms with Gasteiger partial charge in [-0.15, -0.1) is 0 Å². The Labute approximate surface area is 217 Å². The standard InChI is InChI=1S/C31H33NO5/c1-19-28(31(35)37-24-11-7-4-8-12-24)29(22-13-15-25(16-14-22)36-20(2)33)30-26(32-19)17-23(18-27(30)34)21-9-5-3-6-10-21/h3,5-6,9-10,13-16,23-24,29,32H,4,7-8,11-12,17-18H2,1-2H3. The number of carbonyl (C=O) groups excluding carboxylic acids is 3. The molecule has 0 amide bonds. The van der Waals surface area contributed by atoms with E-state index in [0.717, 1.165) is 48.2 Å². The molecule has 2 aromatic rings. The molecule has 5 rings (SSSR count). The zero-order valence-electron chi connectivity index (χ0n) is 21.4. The summed E-state index contributed by atoms with van der Waals surface area (Å²) >= 11 is 0. The first-order valence-electron chi connectivity index (χ1n) is 13.2. The van der Waals surface area contributed by atoms with Gasteiger partial charge >= 0.3 is 11.9 Å². The van der Waals surface area contributed by atoms with Gasteiger partial charge in [-0.25, -0.2) is 4.79 Å². The van der Waals surface area contributed by atoms with Crippen molar-refractivity contribution in [1.82, 2.24) is 5.32 Å². The van der Waals surface area contributed by atoms with Gasteiger partial charge in [0.2, 0.25) is 0 Å². The van der Waals surface area contributed by atoms with Crippen molar-refractivity contribution in [3.8, 4) is 5.75 Å². The van der Waals surface area contributed by atoms with Crippen LogP contribution < -0.4 is 10.1 Å². The SMILES string of the molecule is CC(=O)Oc1ccc(C2C(C(=O)OC3CCCCC3)=C(C)NC3=C2C(=O)CC(c2ccccc2)C3)cc1. The van der Waals surface area contributed by atoms with Crippen LogP contribution in [0.5, 0.6) is 5.75 Å².